The summed E-state index contributed by atoms with van der Waals surface area (Å²) in [6.07, 6.45) is 0.247. The molecule has 2 heterocycles. The second-order valence-electron chi connectivity index (χ2n) is 8.31. The summed E-state index contributed by atoms with van der Waals surface area (Å²) in [7, 11) is 0. The minimum Gasteiger partial charge on any atom is -0.491 e. The average molecular weight is 498 g/mol. The van der Waals surface area contributed by atoms with Gasteiger partial charge in [0.05, 0.1) is 11.9 Å². The normalized spacial score (nSPS) is 12.4. The van der Waals surface area contributed by atoms with Crippen LogP contribution >= 0.6 is 22.9 Å². The van der Waals surface area contributed by atoms with Crippen LogP contribution in [0.25, 0.3) is 21.3 Å². The van der Waals surface area contributed by atoms with E-state index in [4.69, 9.17) is 21.3 Å². The number of hydrogen-bond acceptors (Lipinski definition) is 6. The molecule has 6 nitrogen and oxygen atoms in total. The van der Waals surface area contributed by atoms with Gasteiger partial charge in [0, 0.05) is 22.5 Å². The zero-order chi connectivity index (χ0) is 24.1. The van der Waals surface area contributed by atoms with Crippen molar-refractivity contribution in [3.8, 4) is 16.9 Å². The zero-order valence-corrected chi connectivity index (χ0v) is 20.8. The Balaban J connectivity index is 1.47. The smallest absolute Gasteiger partial charge is 0.260 e. The summed E-state index contributed by atoms with van der Waals surface area (Å²) in [5, 5.41) is 13.8. The van der Waals surface area contributed by atoms with E-state index >= 15 is 0 Å². The van der Waals surface area contributed by atoms with Crippen molar-refractivity contribution >= 4 is 33.2 Å². The lowest BCUT2D eigenvalue weighted by Gasteiger charge is -2.24. The van der Waals surface area contributed by atoms with E-state index in [9.17, 15) is 9.90 Å². The van der Waals surface area contributed by atoms with Gasteiger partial charge in [-0.2, -0.15) is 0 Å². The fourth-order valence-corrected chi connectivity index (χ4v) is 5.02. The van der Waals surface area contributed by atoms with Gasteiger partial charge in [0.15, 0.2) is 0 Å². The highest BCUT2D eigenvalue weighted by atomic mass is 35.5. The van der Waals surface area contributed by atoms with E-state index in [0.29, 0.717) is 34.2 Å². The third-order valence-corrected chi connectivity index (χ3v) is 6.68. The standard InChI is InChI=1S/C26H28ClN3O3S/c1-3-12-30(13-20(31)15-33-22-7-5-4-6-17(22)2)14-23-28-25(32)24-21(16-34-26(24)29-23)18-8-10-19(27)11-9-18/h4-11,16,20,31H,3,12-15H2,1-2H3,(H,28,29,32)/t20-/m0/s1. The third kappa shape index (κ3) is 5.85. The van der Waals surface area contributed by atoms with Crippen LogP contribution in [0.2, 0.25) is 5.02 Å². The number of aromatic amines is 1. The number of ether oxygens (including phenoxy) is 1. The fourth-order valence-electron chi connectivity index (χ4n) is 3.93. The average Bonchev–Trinajstić information content (AvgIpc) is 3.24. The first-order valence-corrected chi connectivity index (χ1v) is 12.6. The van der Waals surface area contributed by atoms with E-state index in [2.05, 4.69) is 16.8 Å². The van der Waals surface area contributed by atoms with Crippen LogP contribution in [-0.4, -0.2) is 45.8 Å². The number of aromatic nitrogens is 2. The number of benzene rings is 2. The Morgan fingerprint density at radius 2 is 1.97 bits per heavy atom. The van der Waals surface area contributed by atoms with Gasteiger partial charge in [-0.15, -0.1) is 11.3 Å². The van der Waals surface area contributed by atoms with E-state index in [1.54, 1.807) is 0 Å². The molecule has 2 aromatic heterocycles. The van der Waals surface area contributed by atoms with Crippen molar-refractivity contribution < 1.29 is 9.84 Å². The summed E-state index contributed by atoms with van der Waals surface area (Å²) in [5.74, 6) is 1.36. The Bertz CT molecular complexity index is 1300. The number of aryl methyl sites for hydroxylation is 1. The molecule has 4 aromatic rings. The zero-order valence-electron chi connectivity index (χ0n) is 19.3. The van der Waals surface area contributed by atoms with Gasteiger partial charge in [0.1, 0.15) is 29.1 Å². The molecule has 0 bridgehead atoms. The van der Waals surface area contributed by atoms with Gasteiger partial charge in [-0.1, -0.05) is 48.9 Å². The predicted molar refractivity (Wildman–Crippen MR) is 139 cm³/mol. The molecule has 0 aliphatic carbocycles. The largest absolute Gasteiger partial charge is 0.491 e. The van der Waals surface area contributed by atoms with Gasteiger partial charge in [-0.3, -0.25) is 9.69 Å². The minimum absolute atomic E-state index is 0.161. The van der Waals surface area contributed by atoms with Gasteiger partial charge < -0.3 is 14.8 Å². The number of thiophene rings is 1. The number of aliphatic hydroxyl groups is 1. The number of halogens is 1. The molecule has 1 atom stereocenters. The molecule has 4 rings (SSSR count). The van der Waals surface area contributed by atoms with Crippen molar-refractivity contribution in [2.45, 2.75) is 32.9 Å². The number of rotatable bonds is 10. The fraction of sp³-hybridized carbons (Fsp3) is 0.308. The van der Waals surface area contributed by atoms with Gasteiger partial charge >= 0.3 is 0 Å². The maximum atomic E-state index is 13.0. The number of nitrogens with zero attached hydrogens (tertiary/aromatic N) is 2. The molecule has 0 fully saturated rings. The Kier molecular flexibility index (Phi) is 8.00. The van der Waals surface area contributed by atoms with E-state index < -0.39 is 6.10 Å². The Hall–Kier alpha value is -2.71. The van der Waals surface area contributed by atoms with Crippen molar-refractivity contribution in [1.82, 2.24) is 14.9 Å². The summed E-state index contributed by atoms with van der Waals surface area (Å²) in [4.78, 5) is 23.4. The van der Waals surface area contributed by atoms with Crippen LogP contribution in [-0.2, 0) is 6.54 Å². The van der Waals surface area contributed by atoms with Gasteiger partial charge in [0.25, 0.3) is 5.56 Å². The molecule has 2 N–H and O–H groups in total. The molecular weight excluding hydrogens is 470 g/mol. The second kappa shape index (κ2) is 11.1. The molecule has 0 unspecified atom stereocenters. The first-order valence-electron chi connectivity index (χ1n) is 11.3. The number of aliphatic hydroxyl groups excluding tert-OH is 1. The highest BCUT2D eigenvalue weighted by Gasteiger charge is 2.17. The lowest BCUT2D eigenvalue weighted by molar-refractivity contribution is 0.0645. The third-order valence-electron chi connectivity index (χ3n) is 5.56. The van der Waals surface area contributed by atoms with Crippen LogP contribution < -0.4 is 10.3 Å². The Labute approximate surface area is 207 Å². The molecule has 0 spiro atoms. The lowest BCUT2D eigenvalue weighted by Crippen LogP contribution is -2.36. The highest BCUT2D eigenvalue weighted by molar-refractivity contribution is 7.17. The van der Waals surface area contributed by atoms with Crippen LogP contribution in [0, 0.1) is 6.92 Å². The summed E-state index contributed by atoms with van der Waals surface area (Å²) < 4.78 is 5.80. The molecule has 0 aliphatic rings. The molecule has 0 aliphatic heterocycles. The number of nitrogens with one attached hydrogen (secondary N) is 1. The van der Waals surface area contributed by atoms with Crippen molar-refractivity contribution in [3.63, 3.8) is 0 Å². The molecule has 0 saturated heterocycles. The maximum Gasteiger partial charge on any atom is 0.260 e. The number of fused-ring (bicyclic) bond motifs is 1. The Morgan fingerprint density at radius 1 is 1.21 bits per heavy atom. The van der Waals surface area contributed by atoms with Gasteiger partial charge in [-0.05, 0) is 49.2 Å². The summed E-state index contributed by atoms with van der Waals surface area (Å²) >= 11 is 7.45. The minimum atomic E-state index is -0.667. The van der Waals surface area contributed by atoms with Crippen LogP contribution in [0.4, 0.5) is 0 Å². The van der Waals surface area contributed by atoms with Crippen molar-refractivity contribution in [2.75, 3.05) is 19.7 Å². The summed E-state index contributed by atoms with van der Waals surface area (Å²) in [5.41, 5.74) is 2.65. The number of para-hydroxylation sites is 1. The van der Waals surface area contributed by atoms with Crippen LogP contribution in [0.5, 0.6) is 5.75 Å². The van der Waals surface area contributed by atoms with E-state index in [0.717, 1.165) is 35.4 Å². The molecule has 0 saturated carbocycles. The van der Waals surface area contributed by atoms with E-state index in [1.807, 2.05) is 60.8 Å². The van der Waals surface area contributed by atoms with Gasteiger partial charge in [0.2, 0.25) is 0 Å². The molecule has 0 radical (unpaired) electrons. The quantitative estimate of drug-likeness (QED) is 0.312. The number of hydrogen-bond donors (Lipinski definition) is 2. The van der Waals surface area contributed by atoms with Crippen molar-refractivity contribution in [3.05, 3.63) is 80.7 Å². The topological polar surface area (TPSA) is 78.5 Å². The molecule has 178 valence electrons. The van der Waals surface area contributed by atoms with E-state index in [-0.39, 0.29) is 12.2 Å². The molecule has 34 heavy (non-hydrogen) atoms. The lowest BCUT2D eigenvalue weighted by atomic mass is 10.1. The number of H-pyrrole nitrogens is 1. The van der Waals surface area contributed by atoms with E-state index in [1.165, 1.54) is 11.3 Å². The van der Waals surface area contributed by atoms with Crippen molar-refractivity contribution in [1.29, 1.82) is 0 Å². The molecule has 0 amide bonds. The first-order chi connectivity index (χ1) is 16.4. The molecule has 2 aromatic carbocycles. The Morgan fingerprint density at radius 3 is 2.71 bits per heavy atom. The maximum absolute atomic E-state index is 13.0. The SMILES string of the molecule is CCCN(Cc1nc2scc(-c3ccc(Cl)cc3)c2c(=O)[nH]1)C[C@H](O)COc1ccccc1C. The molecule has 8 heteroatoms. The predicted octanol–water partition coefficient (Wildman–Crippen LogP) is 5.27. The molecular formula is C26H28ClN3O3S. The first kappa shape index (κ1) is 24.4. The summed E-state index contributed by atoms with van der Waals surface area (Å²) in [6.45, 7) is 5.88. The van der Waals surface area contributed by atoms with Crippen LogP contribution in [0.15, 0.2) is 58.7 Å². The highest BCUT2D eigenvalue weighted by Crippen LogP contribution is 2.31. The monoisotopic (exact) mass is 497 g/mol. The second-order valence-corrected chi connectivity index (χ2v) is 9.61. The van der Waals surface area contributed by atoms with Crippen LogP contribution in [0.1, 0.15) is 24.7 Å². The summed E-state index contributed by atoms with van der Waals surface area (Å²) in [6, 6.07) is 15.2. The van der Waals surface area contributed by atoms with Gasteiger partial charge in [-0.25, -0.2) is 4.98 Å². The van der Waals surface area contributed by atoms with Crippen LogP contribution in [0.3, 0.4) is 0 Å². The van der Waals surface area contributed by atoms with Crippen molar-refractivity contribution in [2.24, 2.45) is 0 Å².